The van der Waals surface area contributed by atoms with E-state index in [-0.39, 0.29) is 0 Å². The first-order chi connectivity index (χ1) is 15.1. The fourth-order valence-electron chi connectivity index (χ4n) is 3.70. The number of rotatable bonds is 4. The summed E-state index contributed by atoms with van der Waals surface area (Å²) in [5, 5.41) is 13.1. The van der Waals surface area contributed by atoms with Crippen molar-refractivity contribution in [3.63, 3.8) is 0 Å². The van der Waals surface area contributed by atoms with Gasteiger partial charge in [-0.05, 0) is 40.1 Å². The molecule has 1 heterocycles. The Morgan fingerprint density at radius 3 is 2.42 bits per heavy atom. The van der Waals surface area contributed by atoms with Gasteiger partial charge in [-0.25, -0.2) is 9.78 Å². The van der Waals surface area contributed by atoms with Crippen molar-refractivity contribution >= 4 is 27.9 Å². The smallest absolute Gasteiger partial charge is 0.409 e. The van der Waals surface area contributed by atoms with E-state index in [4.69, 9.17) is 10.5 Å². The highest BCUT2D eigenvalue weighted by molar-refractivity contribution is 5.83. The van der Waals surface area contributed by atoms with Crippen LogP contribution in [0.5, 0.6) is 5.75 Å². The molecule has 6 nitrogen and oxygen atoms in total. The summed E-state index contributed by atoms with van der Waals surface area (Å²) in [6.45, 7) is 0. The highest BCUT2D eigenvalue weighted by Crippen LogP contribution is 2.28. The monoisotopic (exact) mass is 409 g/mol. The lowest BCUT2D eigenvalue weighted by Crippen LogP contribution is -2.16. The van der Waals surface area contributed by atoms with Crippen LogP contribution in [0.25, 0.3) is 33.2 Å². The molecule has 1 aromatic heterocycles. The van der Waals surface area contributed by atoms with Gasteiger partial charge in [-0.15, -0.1) is 0 Å². The van der Waals surface area contributed by atoms with E-state index in [1.54, 1.807) is 18.2 Å². The Labute approximate surface area is 177 Å². The van der Waals surface area contributed by atoms with E-state index in [9.17, 15) is 9.90 Å². The number of benzene rings is 4. The molecule has 0 radical (unpaired) electrons. The quantitative estimate of drug-likeness (QED) is 0.392. The largest absolute Gasteiger partial charge is 0.410 e. The SMILES string of the molecule is NC(=O)Oc1ccc2[nH]c(-c3ccc(C(O)c4ccc5ccccc5c4)cc3)nc2c1. The number of imidazole rings is 1. The summed E-state index contributed by atoms with van der Waals surface area (Å²) in [7, 11) is 0. The van der Waals surface area contributed by atoms with Gasteiger partial charge in [-0.1, -0.05) is 60.7 Å². The highest BCUT2D eigenvalue weighted by atomic mass is 16.5. The van der Waals surface area contributed by atoms with Crippen molar-refractivity contribution in [2.24, 2.45) is 5.73 Å². The maximum atomic E-state index is 10.9. The fourth-order valence-corrected chi connectivity index (χ4v) is 3.70. The second kappa shape index (κ2) is 7.59. The van der Waals surface area contributed by atoms with Crippen LogP contribution in [0.4, 0.5) is 4.79 Å². The van der Waals surface area contributed by atoms with Gasteiger partial charge in [-0.2, -0.15) is 0 Å². The summed E-state index contributed by atoms with van der Waals surface area (Å²) in [6.07, 6.45) is -1.58. The summed E-state index contributed by atoms with van der Waals surface area (Å²) in [5.41, 5.74) is 9.06. The first kappa shape index (κ1) is 18.8. The molecule has 0 saturated heterocycles. The molecule has 6 heteroatoms. The molecule has 0 aliphatic rings. The number of ether oxygens (including phenoxy) is 1. The molecular formula is C25H19N3O3. The Kier molecular flexibility index (Phi) is 4.61. The van der Waals surface area contributed by atoms with Gasteiger partial charge in [-0.3, -0.25) is 0 Å². The summed E-state index contributed by atoms with van der Waals surface area (Å²) >= 11 is 0. The number of aliphatic hydroxyl groups is 1. The van der Waals surface area contributed by atoms with Gasteiger partial charge in [0.05, 0.1) is 11.0 Å². The van der Waals surface area contributed by atoms with Crippen molar-refractivity contribution < 1.29 is 14.6 Å². The number of hydrogen-bond acceptors (Lipinski definition) is 4. The van der Waals surface area contributed by atoms with Crippen LogP contribution in [-0.2, 0) is 0 Å². The topological polar surface area (TPSA) is 101 Å². The molecule has 0 spiro atoms. The van der Waals surface area contributed by atoms with E-state index >= 15 is 0 Å². The minimum atomic E-state index is -0.865. The molecule has 1 unspecified atom stereocenters. The second-order valence-corrected chi connectivity index (χ2v) is 7.32. The molecule has 0 aliphatic carbocycles. The zero-order valence-corrected chi connectivity index (χ0v) is 16.4. The predicted octanol–water partition coefficient (Wildman–Crippen LogP) is 4.92. The summed E-state index contributed by atoms with van der Waals surface area (Å²) in [5.74, 6) is 1.02. The van der Waals surface area contributed by atoms with Crippen LogP contribution in [0.3, 0.4) is 0 Å². The van der Waals surface area contributed by atoms with Crippen LogP contribution < -0.4 is 10.5 Å². The molecule has 1 amide bonds. The molecule has 4 aromatic carbocycles. The third-order valence-corrected chi connectivity index (χ3v) is 5.26. The standard InChI is InChI=1S/C25H19N3O3/c26-25(30)31-20-11-12-21-22(14-20)28-24(27-21)17-8-6-16(7-9-17)23(29)19-10-5-15-3-1-2-4-18(15)13-19/h1-14,23,29H,(H2,26,30)(H,27,28). The van der Waals surface area contributed by atoms with Gasteiger partial charge in [0.1, 0.15) is 17.7 Å². The van der Waals surface area contributed by atoms with Gasteiger partial charge in [0.15, 0.2) is 0 Å². The van der Waals surface area contributed by atoms with E-state index in [1.165, 1.54) is 0 Å². The number of carbonyl (C=O) groups excluding carboxylic acids is 1. The van der Waals surface area contributed by atoms with E-state index in [1.807, 2.05) is 60.7 Å². The molecule has 1 atom stereocenters. The lowest BCUT2D eigenvalue weighted by molar-refractivity contribution is 0.211. The lowest BCUT2D eigenvalue weighted by atomic mass is 9.98. The van der Waals surface area contributed by atoms with Gasteiger partial charge in [0.25, 0.3) is 0 Å². The normalized spacial score (nSPS) is 12.2. The molecule has 31 heavy (non-hydrogen) atoms. The number of amides is 1. The average molecular weight is 409 g/mol. The van der Waals surface area contributed by atoms with Crippen molar-refractivity contribution in [3.8, 4) is 17.1 Å². The van der Waals surface area contributed by atoms with Crippen LogP contribution in [-0.4, -0.2) is 21.2 Å². The number of nitrogens with zero attached hydrogens (tertiary/aromatic N) is 1. The van der Waals surface area contributed by atoms with Crippen molar-refractivity contribution in [3.05, 3.63) is 96.1 Å². The first-order valence-electron chi connectivity index (χ1n) is 9.81. The molecule has 5 aromatic rings. The van der Waals surface area contributed by atoms with Gasteiger partial charge in [0, 0.05) is 11.6 Å². The zero-order valence-electron chi connectivity index (χ0n) is 16.4. The maximum Gasteiger partial charge on any atom is 0.409 e. The predicted molar refractivity (Wildman–Crippen MR) is 120 cm³/mol. The van der Waals surface area contributed by atoms with Crippen molar-refractivity contribution in [1.82, 2.24) is 9.97 Å². The molecule has 152 valence electrons. The Bertz CT molecular complexity index is 1410. The minimum absolute atomic E-state index is 0.340. The average Bonchev–Trinajstić information content (AvgIpc) is 3.21. The molecule has 0 aliphatic heterocycles. The Balaban J connectivity index is 1.41. The minimum Gasteiger partial charge on any atom is -0.410 e. The molecule has 5 rings (SSSR count). The Morgan fingerprint density at radius 1 is 0.903 bits per heavy atom. The number of fused-ring (bicyclic) bond motifs is 2. The van der Waals surface area contributed by atoms with E-state index in [0.29, 0.717) is 17.1 Å². The second-order valence-electron chi connectivity index (χ2n) is 7.32. The van der Waals surface area contributed by atoms with Crippen LogP contribution in [0.15, 0.2) is 84.9 Å². The molecular weight excluding hydrogens is 390 g/mol. The zero-order chi connectivity index (χ0) is 21.4. The number of primary amides is 1. The van der Waals surface area contributed by atoms with Gasteiger partial charge < -0.3 is 20.6 Å². The number of aromatic nitrogens is 2. The van der Waals surface area contributed by atoms with Crippen LogP contribution in [0, 0.1) is 0 Å². The van der Waals surface area contributed by atoms with Crippen LogP contribution >= 0.6 is 0 Å². The number of aliphatic hydroxyl groups excluding tert-OH is 1. The Morgan fingerprint density at radius 2 is 1.65 bits per heavy atom. The summed E-state index contributed by atoms with van der Waals surface area (Å²) < 4.78 is 4.91. The van der Waals surface area contributed by atoms with E-state index < -0.39 is 12.2 Å². The summed E-state index contributed by atoms with van der Waals surface area (Å²) in [6, 6.07) is 26.8. The van der Waals surface area contributed by atoms with Crippen LogP contribution in [0.1, 0.15) is 17.2 Å². The lowest BCUT2D eigenvalue weighted by Gasteiger charge is -2.13. The third kappa shape index (κ3) is 3.72. The number of nitrogens with two attached hydrogens (primary N) is 1. The molecule has 0 bridgehead atoms. The Hall–Kier alpha value is -4.16. The number of carbonyl (C=O) groups is 1. The fraction of sp³-hybridized carbons (Fsp3) is 0.0400. The molecule has 4 N–H and O–H groups in total. The number of nitrogens with one attached hydrogen (secondary N) is 1. The van der Waals surface area contributed by atoms with Crippen LogP contribution in [0.2, 0.25) is 0 Å². The van der Waals surface area contributed by atoms with Gasteiger partial charge >= 0.3 is 6.09 Å². The molecule has 0 saturated carbocycles. The van der Waals surface area contributed by atoms with Gasteiger partial charge in [0.2, 0.25) is 0 Å². The first-order valence-corrected chi connectivity index (χ1v) is 9.81. The van der Waals surface area contributed by atoms with E-state index in [2.05, 4.69) is 16.0 Å². The van der Waals surface area contributed by atoms with E-state index in [0.717, 1.165) is 33.0 Å². The number of aromatic amines is 1. The van der Waals surface area contributed by atoms with Crippen molar-refractivity contribution in [2.45, 2.75) is 6.10 Å². The molecule has 0 fully saturated rings. The maximum absolute atomic E-state index is 10.9. The third-order valence-electron chi connectivity index (χ3n) is 5.26. The number of hydrogen-bond donors (Lipinski definition) is 3. The number of H-pyrrole nitrogens is 1. The van der Waals surface area contributed by atoms with Crippen molar-refractivity contribution in [2.75, 3.05) is 0 Å². The van der Waals surface area contributed by atoms with Crippen molar-refractivity contribution in [1.29, 1.82) is 0 Å². The summed E-state index contributed by atoms with van der Waals surface area (Å²) in [4.78, 5) is 18.8. The highest BCUT2D eigenvalue weighted by Gasteiger charge is 2.13.